The first-order chi connectivity index (χ1) is 6.15. The third kappa shape index (κ3) is 3.02. The second-order valence-corrected chi connectivity index (χ2v) is 4.14. The van der Waals surface area contributed by atoms with Crippen LogP contribution in [0.25, 0.3) is 3.58 Å². The highest BCUT2D eigenvalue weighted by Gasteiger charge is 2.05. The average molecular weight is 359 g/mol. The van der Waals surface area contributed by atoms with Crippen LogP contribution >= 0.6 is 38.5 Å². The molecule has 0 amide bonds. The molecule has 13 heavy (non-hydrogen) atoms. The summed E-state index contributed by atoms with van der Waals surface area (Å²) in [5.41, 5.74) is 0.432. The summed E-state index contributed by atoms with van der Waals surface area (Å²) in [6, 6.07) is 3.57. The summed E-state index contributed by atoms with van der Waals surface area (Å²) in [5.74, 6) is -1.08. The average Bonchev–Trinajstić information content (AvgIpc) is 2.04. The van der Waals surface area contributed by atoms with E-state index in [1.165, 1.54) is 12.1 Å². The molecule has 4 heteroatoms. The molecule has 70 valence electrons. The summed E-state index contributed by atoms with van der Waals surface area (Å²) in [7, 11) is 0. The molecule has 0 spiro atoms. The van der Waals surface area contributed by atoms with Crippen molar-refractivity contribution in [1.82, 2.24) is 0 Å². The predicted octanol–water partition coefficient (Wildman–Crippen LogP) is 4.14. The number of allylic oxidation sites excluding steroid dienone is 1. The highest BCUT2D eigenvalue weighted by atomic mass is 127. The second-order valence-electron chi connectivity index (χ2n) is 2.33. The number of benzene rings is 1. The zero-order chi connectivity index (χ0) is 9.84. The summed E-state index contributed by atoms with van der Waals surface area (Å²) in [6.45, 7) is 0. The third-order valence-electron chi connectivity index (χ3n) is 1.44. The molecular weight excluding hydrogens is 353 g/mol. The van der Waals surface area contributed by atoms with Crippen molar-refractivity contribution in [3.05, 3.63) is 41.5 Å². The molecule has 1 rings (SSSR count). The zero-order valence-corrected chi connectivity index (χ0v) is 10.3. The molecule has 0 saturated heterocycles. The number of rotatable bonds is 2. The lowest BCUT2D eigenvalue weighted by molar-refractivity contribution is 0.581. The minimum Gasteiger partial charge on any atom is -0.207 e. The summed E-state index contributed by atoms with van der Waals surface area (Å²) in [5, 5.41) is 0.655. The minimum absolute atomic E-state index is 0.432. The van der Waals surface area contributed by atoms with Crippen LogP contribution in [0.3, 0.4) is 0 Å². The van der Waals surface area contributed by atoms with Gasteiger partial charge >= 0.3 is 0 Å². The molecule has 0 fully saturated rings. The highest BCUT2D eigenvalue weighted by molar-refractivity contribution is 14.1. The minimum atomic E-state index is -0.552. The molecule has 1 aromatic carbocycles. The lowest BCUT2D eigenvalue weighted by atomic mass is 10.2. The quantitative estimate of drug-likeness (QED) is 0.550. The fourth-order valence-electron chi connectivity index (χ4n) is 0.861. The topological polar surface area (TPSA) is 0 Å². The number of hydrogen-bond donors (Lipinski definition) is 0. The van der Waals surface area contributed by atoms with Gasteiger partial charge in [-0.2, -0.15) is 0 Å². The molecule has 0 heterocycles. The first kappa shape index (κ1) is 11.1. The van der Waals surface area contributed by atoms with Gasteiger partial charge in [-0.15, -0.1) is 0 Å². The van der Waals surface area contributed by atoms with E-state index in [4.69, 9.17) is 0 Å². The van der Waals surface area contributed by atoms with Gasteiger partial charge in [-0.1, -0.05) is 22.0 Å². The molecule has 0 bridgehead atoms. The van der Waals surface area contributed by atoms with E-state index in [2.05, 4.69) is 15.9 Å². The van der Waals surface area contributed by atoms with Crippen LogP contribution in [0.5, 0.6) is 0 Å². The van der Waals surface area contributed by atoms with E-state index in [1.807, 2.05) is 28.7 Å². The lowest BCUT2D eigenvalue weighted by Crippen LogP contribution is -1.86. The van der Waals surface area contributed by atoms with Crippen molar-refractivity contribution >= 4 is 42.1 Å². The molecule has 0 atom stereocenters. The molecule has 0 aliphatic carbocycles. The summed E-state index contributed by atoms with van der Waals surface area (Å²) < 4.78 is 26.4. The van der Waals surface area contributed by atoms with Crippen LogP contribution in [-0.4, -0.2) is 5.33 Å². The van der Waals surface area contributed by atoms with Gasteiger partial charge in [0.05, 0.1) is 0 Å². The Balaban J connectivity index is 3.09. The van der Waals surface area contributed by atoms with Crippen LogP contribution < -0.4 is 0 Å². The smallest absolute Gasteiger partial charge is 0.134 e. The molecule has 0 nitrogen and oxygen atoms in total. The monoisotopic (exact) mass is 358 g/mol. The van der Waals surface area contributed by atoms with Crippen LogP contribution in [0, 0.1) is 11.6 Å². The first-order valence-electron chi connectivity index (χ1n) is 3.52. The van der Waals surface area contributed by atoms with Crippen molar-refractivity contribution in [2.24, 2.45) is 0 Å². The molecule has 0 radical (unpaired) electrons. The zero-order valence-electron chi connectivity index (χ0n) is 6.53. The van der Waals surface area contributed by atoms with E-state index in [0.29, 0.717) is 10.9 Å². The standard InChI is InChI=1S/C9H6BrF2I/c10-4-3-9(13)7-2-1-6(11)5-8(7)12/h1-3,5H,4H2. The maximum absolute atomic E-state index is 13.1. The molecular formula is C9H6BrF2I. The maximum atomic E-state index is 13.1. The van der Waals surface area contributed by atoms with Gasteiger partial charge in [0, 0.05) is 20.5 Å². The Hall–Kier alpha value is 0.0300. The van der Waals surface area contributed by atoms with Gasteiger partial charge in [-0.25, -0.2) is 8.78 Å². The van der Waals surface area contributed by atoms with Gasteiger partial charge < -0.3 is 0 Å². The van der Waals surface area contributed by atoms with Gasteiger partial charge in [0.1, 0.15) is 11.6 Å². The van der Waals surface area contributed by atoms with Crippen molar-refractivity contribution in [1.29, 1.82) is 0 Å². The van der Waals surface area contributed by atoms with Crippen molar-refractivity contribution in [3.8, 4) is 0 Å². The van der Waals surface area contributed by atoms with Crippen molar-refractivity contribution in [3.63, 3.8) is 0 Å². The highest BCUT2D eigenvalue weighted by Crippen LogP contribution is 2.25. The summed E-state index contributed by atoms with van der Waals surface area (Å²) in [4.78, 5) is 0. The number of halogens is 4. The molecule has 0 aromatic heterocycles. The Labute approximate surface area is 97.3 Å². The van der Waals surface area contributed by atoms with Gasteiger partial charge in [0.2, 0.25) is 0 Å². The van der Waals surface area contributed by atoms with Gasteiger partial charge in [0.25, 0.3) is 0 Å². The van der Waals surface area contributed by atoms with Crippen molar-refractivity contribution in [2.75, 3.05) is 5.33 Å². The molecule has 0 aliphatic rings. The fraction of sp³-hybridized carbons (Fsp3) is 0.111. The van der Waals surface area contributed by atoms with E-state index >= 15 is 0 Å². The van der Waals surface area contributed by atoms with Gasteiger partial charge in [-0.3, -0.25) is 0 Å². The third-order valence-corrected chi connectivity index (χ3v) is 2.79. The Morgan fingerprint density at radius 3 is 2.69 bits per heavy atom. The van der Waals surface area contributed by atoms with Crippen LogP contribution in [0.1, 0.15) is 5.56 Å². The summed E-state index contributed by atoms with van der Waals surface area (Å²) >= 11 is 5.22. The first-order valence-corrected chi connectivity index (χ1v) is 5.72. The van der Waals surface area contributed by atoms with Crippen molar-refractivity contribution in [2.45, 2.75) is 0 Å². The van der Waals surface area contributed by atoms with E-state index in [0.717, 1.165) is 9.65 Å². The number of alkyl halides is 1. The van der Waals surface area contributed by atoms with Crippen molar-refractivity contribution < 1.29 is 8.78 Å². The predicted molar refractivity (Wildman–Crippen MR) is 62.1 cm³/mol. The van der Waals surface area contributed by atoms with E-state index < -0.39 is 11.6 Å². The Morgan fingerprint density at radius 2 is 2.15 bits per heavy atom. The Kier molecular flexibility index (Phi) is 4.31. The Bertz CT molecular complexity index is 336. The van der Waals surface area contributed by atoms with Crippen LogP contribution in [-0.2, 0) is 0 Å². The number of hydrogen-bond acceptors (Lipinski definition) is 0. The Morgan fingerprint density at radius 1 is 1.46 bits per heavy atom. The molecule has 0 aliphatic heterocycles. The van der Waals surface area contributed by atoms with Crippen LogP contribution in [0.4, 0.5) is 8.78 Å². The molecule has 0 unspecified atom stereocenters. The summed E-state index contributed by atoms with van der Waals surface area (Å²) in [6.07, 6.45) is 1.82. The molecule has 0 saturated carbocycles. The van der Waals surface area contributed by atoms with E-state index in [-0.39, 0.29) is 0 Å². The van der Waals surface area contributed by atoms with Crippen LogP contribution in [0.15, 0.2) is 24.3 Å². The fourth-order valence-corrected chi connectivity index (χ4v) is 2.45. The van der Waals surface area contributed by atoms with Gasteiger partial charge in [-0.05, 0) is 34.7 Å². The van der Waals surface area contributed by atoms with Crippen LogP contribution in [0.2, 0.25) is 0 Å². The van der Waals surface area contributed by atoms with E-state index in [9.17, 15) is 8.78 Å². The second kappa shape index (κ2) is 5.05. The lowest BCUT2D eigenvalue weighted by Gasteiger charge is -2.00. The molecule has 1 aromatic rings. The van der Waals surface area contributed by atoms with E-state index in [1.54, 1.807) is 0 Å². The largest absolute Gasteiger partial charge is 0.207 e. The maximum Gasteiger partial charge on any atom is 0.134 e. The normalized spacial score (nSPS) is 11.8. The van der Waals surface area contributed by atoms with Gasteiger partial charge in [0.15, 0.2) is 0 Å². The SMILES string of the molecule is Fc1ccc(C(I)=CCBr)c(F)c1. The molecule has 0 N–H and O–H groups in total.